The molecule has 4 N–H and O–H groups in total. The molecule has 0 spiro atoms. The van der Waals surface area contributed by atoms with E-state index < -0.39 is 5.25 Å². The Morgan fingerprint density at radius 1 is 1.23 bits per heavy atom. The van der Waals surface area contributed by atoms with Gasteiger partial charge in [0.05, 0.1) is 12.3 Å². The third kappa shape index (κ3) is 4.34. The molecule has 7 nitrogen and oxygen atoms in total. The normalized spacial score (nSPS) is 11.7. The van der Waals surface area contributed by atoms with Crippen molar-refractivity contribution in [3.8, 4) is 5.75 Å². The fourth-order valence-electron chi connectivity index (χ4n) is 2.37. The first-order chi connectivity index (χ1) is 12.7. The van der Waals surface area contributed by atoms with Gasteiger partial charge in [0.25, 0.3) is 0 Å². The number of nitrogens with two attached hydrogens (primary N) is 1. The number of nitrogen functional groups attached to an aromatic ring is 1. The summed E-state index contributed by atoms with van der Waals surface area (Å²) in [5, 5.41) is 9.40. The van der Waals surface area contributed by atoms with E-state index >= 15 is 0 Å². The molecule has 3 aromatic rings. The Bertz CT molecular complexity index is 869. The molecule has 8 heteroatoms. The number of carbonyl (C=O) groups is 1. The number of ether oxygens (including phenoxy) is 1. The number of carbonyl (C=O) groups excluding carboxylic acids is 1. The first-order valence-corrected chi connectivity index (χ1v) is 8.97. The molecule has 1 aromatic heterocycles. The minimum Gasteiger partial charge on any atom is -0.492 e. The van der Waals surface area contributed by atoms with Crippen molar-refractivity contribution >= 4 is 29.3 Å². The molecule has 1 unspecified atom stereocenters. The van der Waals surface area contributed by atoms with Gasteiger partial charge in [-0.3, -0.25) is 4.79 Å². The van der Waals surface area contributed by atoms with Crippen molar-refractivity contribution in [2.24, 2.45) is 0 Å². The summed E-state index contributed by atoms with van der Waals surface area (Å²) >= 11 is 1.22. The van der Waals surface area contributed by atoms with Crippen LogP contribution in [0, 0.1) is 0 Å². The van der Waals surface area contributed by atoms with Crippen molar-refractivity contribution in [2.75, 3.05) is 17.7 Å². The number of benzene rings is 2. The number of nitrogens with zero attached hydrogens (tertiary/aromatic N) is 2. The average molecular weight is 369 g/mol. The maximum atomic E-state index is 13.0. The number of amides is 1. The highest BCUT2D eigenvalue weighted by Gasteiger charge is 2.24. The molecule has 3 rings (SSSR count). The Labute approximate surface area is 155 Å². The van der Waals surface area contributed by atoms with Crippen LogP contribution in [0.15, 0.2) is 59.8 Å². The van der Waals surface area contributed by atoms with Crippen LogP contribution in [0.5, 0.6) is 5.75 Å². The lowest BCUT2D eigenvalue weighted by Crippen LogP contribution is -2.19. The number of para-hydroxylation sites is 2. The molecule has 0 saturated heterocycles. The third-order valence-corrected chi connectivity index (χ3v) is 4.61. The molecular formula is C18H19N5O2S. The number of nitrogens with one attached hydrogen (secondary N) is 2. The van der Waals surface area contributed by atoms with Crippen molar-refractivity contribution in [3.63, 3.8) is 0 Å². The highest BCUT2D eigenvalue weighted by Crippen LogP contribution is 2.35. The first-order valence-electron chi connectivity index (χ1n) is 8.09. The molecule has 26 heavy (non-hydrogen) atoms. The molecule has 0 bridgehead atoms. The van der Waals surface area contributed by atoms with Gasteiger partial charge in [-0.1, -0.05) is 54.2 Å². The van der Waals surface area contributed by atoms with Gasteiger partial charge in [0, 0.05) is 0 Å². The third-order valence-electron chi connectivity index (χ3n) is 3.49. The summed E-state index contributed by atoms with van der Waals surface area (Å²) in [5.41, 5.74) is 7.05. The molecule has 0 aliphatic heterocycles. The van der Waals surface area contributed by atoms with Gasteiger partial charge in [-0.25, -0.2) is 5.10 Å². The lowest BCUT2D eigenvalue weighted by Gasteiger charge is -2.17. The topological polar surface area (TPSA) is 106 Å². The standard InChI is InChI=1S/C18H19N5O2S/c1-2-25-14-11-7-6-10-13(14)20-16(24)15(12-8-4-3-5-9-12)26-18-21-17(19)22-23-18/h3-11,15H,2H2,1H3,(H,20,24)(H3,19,21,22,23). The number of thioether (sulfide) groups is 1. The van der Waals surface area contributed by atoms with Crippen molar-refractivity contribution < 1.29 is 9.53 Å². The van der Waals surface area contributed by atoms with Gasteiger partial charge in [-0.05, 0) is 24.6 Å². The summed E-state index contributed by atoms with van der Waals surface area (Å²) in [5.74, 6) is 0.639. The second-order valence-electron chi connectivity index (χ2n) is 5.33. The number of aromatic nitrogens is 3. The van der Waals surface area contributed by atoms with Gasteiger partial charge in [-0.2, -0.15) is 4.98 Å². The van der Waals surface area contributed by atoms with Crippen LogP contribution >= 0.6 is 11.8 Å². The van der Waals surface area contributed by atoms with Gasteiger partial charge < -0.3 is 15.8 Å². The van der Waals surface area contributed by atoms with Crippen molar-refractivity contribution in [3.05, 3.63) is 60.2 Å². The van der Waals surface area contributed by atoms with E-state index in [9.17, 15) is 4.79 Å². The Morgan fingerprint density at radius 3 is 2.65 bits per heavy atom. The van der Waals surface area contributed by atoms with Crippen LogP contribution in [0.4, 0.5) is 11.6 Å². The summed E-state index contributed by atoms with van der Waals surface area (Å²) in [6, 6.07) is 16.8. The molecule has 0 radical (unpaired) electrons. The van der Waals surface area contributed by atoms with E-state index in [4.69, 9.17) is 10.5 Å². The number of hydrogen-bond donors (Lipinski definition) is 3. The quantitative estimate of drug-likeness (QED) is 0.552. The Kier molecular flexibility index (Phi) is 5.75. The number of aromatic amines is 1. The fraction of sp³-hybridized carbons (Fsp3) is 0.167. The van der Waals surface area contributed by atoms with Gasteiger partial charge >= 0.3 is 0 Å². The minimum absolute atomic E-state index is 0.197. The summed E-state index contributed by atoms with van der Waals surface area (Å²) in [4.78, 5) is 17.1. The molecule has 134 valence electrons. The maximum Gasteiger partial charge on any atom is 0.242 e. The molecule has 0 aliphatic rings. The van der Waals surface area contributed by atoms with Gasteiger partial charge in [-0.15, -0.1) is 5.10 Å². The molecule has 1 atom stereocenters. The summed E-state index contributed by atoms with van der Waals surface area (Å²) in [6.07, 6.45) is 0. The van der Waals surface area contributed by atoms with E-state index in [2.05, 4.69) is 20.5 Å². The number of rotatable bonds is 7. The number of H-pyrrole nitrogens is 1. The van der Waals surface area contributed by atoms with E-state index in [0.29, 0.717) is 23.2 Å². The predicted molar refractivity (Wildman–Crippen MR) is 102 cm³/mol. The SMILES string of the molecule is CCOc1ccccc1NC(=O)C(Sc1n[nH]c(N)n1)c1ccccc1. The molecule has 1 heterocycles. The minimum atomic E-state index is -0.541. The van der Waals surface area contributed by atoms with Crippen LogP contribution in [0.2, 0.25) is 0 Å². The maximum absolute atomic E-state index is 13.0. The zero-order valence-corrected chi connectivity index (χ0v) is 15.0. The van der Waals surface area contributed by atoms with E-state index in [0.717, 1.165) is 5.56 Å². The van der Waals surface area contributed by atoms with Gasteiger partial charge in [0.1, 0.15) is 11.0 Å². The van der Waals surface area contributed by atoms with Gasteiger partial charge in [0.15, 0.2) is 0 Å². The largest absolute Gasteiger partial charge is 0.492 e. The predicted octanol–water partition coefficient (Wildman–Crippen LogP) is 3.26. The summed E-state index contributed by atoms with van der Waals surface area (Å²) in [6.45, 7) is 2.41. The fourth-order valence-corrected chi connectivity index (χ4v) is 3.29. The molecule has 2 aromatic carbocycles. The number of anilines is 2. The van der Waals surface area contributed by atoms with Crippen LogP contribution in [0.25, 0.3) is 0 Å². The molecule has 1 amide bonds. The second kappa shape index (κ2) is 8.39. The second-order valence-corrected chi connectivity index (χ2v) is 6.40. The molecule has 0 fully saturated rings. The highest BCUT2D eigenvalue weighted by atomic mass is 32.2. The van der Waals surface area contributed by atoms with E-state index in [1.807, 2.05) is 55.5 Å². The molecule has 0 aliphatic carbocycles. The van der Waals surface area contributed by atoms with Crippen molar-refractivity contribution in [1.29, 1.82) is 0 Å². The van der Waals surface area contributed by atoms with Crippen molar-refractivity contribution in [1.82, 2.24) is 15.2 Å². The molecule has 0 saturated carbocycles. The monoisotopic (exact) mass is 369 g/mol. The smallest absolute Gasteiger partial charge is 0.242 e. The zero-order valence-electron chi connectivity index (χ0n) is 14.2. The first kappa shape index (κ1) is 17.8. The highest BCUT2D eigenvalue weighted by molar-refractivity contribution is 8.00. The lowest BCUT2D eigenvalue weighted by molar-refractivity contribution is -0.115. The van der Waals surface area contributed by atoms with Crippen LogP contribution < -0.4 is 15.8 Å². The van der Waals surface area contributed by atoms with Crippen LogP contribution in [0.3, 0.4) is 0 Å². The van der Waals surface area contributed by atoms with Crippen LogP contribution in [0.1, 0.15) is 17.7 Å². The zero-order chi connectivity index (χ0) is 18.4. The summed E-state index contributed by atoms with van der Waals surface area (Å²) < 4.78 is 5.58. The summed E-state index contributed by atoms with van der Waals surface area (Å²) in [7, 11) is 0. The van der Waals surface area contributed by atoms with Gasteiger partial charge in [0.2, 0.25) is 17.0 Å². The Balaban J connectivity index is 1.85. The molecular weight excluding hydrogens is 350 g/mol. The van der Waals surface area contributed by atoms with E-state index in [1.54, 1.807) is 6.07 Å². The lowest BCUT2D eigenvalue weighted by atomic mass is 10.1. The Morgan fingerprint density at radius 2 is 1.96 bits per heavy atom. The van der Waals surface area contributed by atoms with Crippen LogP contribution in [-0.2, 0) is 4.79 Å². The van der Waals surface area contributed by atoms with Crippen molar-refractivity contribution in [2.45, 2.75) is 17.3 Å². The van der Waals surface area contributed by atoms with Crippen LogP contribution in [-0.4, -0.2) is 27.7 Å². The van der Waals surface area contributed by atoms with E-state index in [-0.39, 0.29) is 11.9 Å². The average Bonchev–Trinajstić information content (AvgIpc) is 3.07. The Hall–Kier alpha value is -3.00. The van der Waals surface area contributed by atoms with E-state index in [1.165, 1.54) is 11.8 Å². The number of hydrogen-bond acceptors (Lipinski definition) is 6.